The lowest BCUT2D eigenvalue weighted by Crippen LogP contribution is -2.41. The quantitative estimate of drug-likeness (QED) is 0.371. The van der Waals surface area contributed by atoms with Gasteiger partial charge >= 0.3 is 7.12 Å². The molecule has 5 unspecified atom stereocenters. The maximum Gasteiger partial charge on any atom is 0.461 e. The number of rotatable bonds is 2. The van der Waals surface area contributed by atoms with Crippen molar-refractivity contribution in [2.75, 3.05) is 0 Å². The maximum atomic E-state index is 6.38. The predicted octanol–water partition coefficient (Wildman–Crippen LogP) is 6.83. The second-order valence-electron chi connectivity index (χ2n) is 11.1. The van der Waals surface area contributed by atoms with Crippen molar-refractivity contribution < 1.29 is 9.31 Å². The van der Waals surface area contributed by atoms with E-state index in [9.17, 15) is 0 Å². The second-order valence-corrected chi connectivity index (χ2v) is 11.1. The Morgan fingerprint density at radius 2 is 1.73 bits per heavy atom. The van der Waals surface area contributed by atoms with Crippen molar-refractivity contribution in [1.29, 1.82) is 0 Å². The molecule has 5 atom stereocenters. The van der Waals surface area contributed by atoms with Gasteiger partial charge in [0.2, 0.25) is 0 Å². The Bertz CT molecular complexity index is 840. The Hall–Kier alpha value is -1.32. The molecule has 5 rings (SSSR count). The van der Waals surface area contributed by atoms with E-state index in [1.165, 1.54) is 25.7 Å². The molecule has 0 saturated carbocycles. The van der Waals surface area contributed by atoms with E-state index in [4.69, 9.17) is 9.31 Å². The van der Waals surface area contributed by atoms with Crippen molar-refractivity contribution >= 4 is 7.12 Å². The first-order valence-corrected chi connectivity index (χ1v) is 12.1. The van der Waals surface area contributed by atoms with Crippen molar-refractivity contribution in [3.05, 3.63) is 59.3 Å². The van der Waals surface area contributed by atoms with E-state index in [0.29, 0.717) is 29.5 Å². The molecule has 1 heterocycles. The summed E-state index contributed by atoms with van der Waals surface area (Å²) < 4.78 is 12.8. The summed E-state index contributed by atoms with van der Waals surface area (Å²) in [7, 11) is -0.0697. The number of allylic oxidation sites excluding steroid dienone is 10. The lowest BCUT2D eigenvalue weighted by atomic mass is 9.56. The average molecular weight is 404 g/mol. The van der Waals surface area contributed by atoms with Crippen LogP contribution in [0.3, 0.4) is 0 Å². The van der Waals surface area contributed by atoms with Gasteiger partial charge in [-0.3, -0.25) is 0 Å². The predicted molar refractivity (Wildman–Crippen MR) is 125 cm³/mol. The molecule has 1 saturated heterocycles. The molecule has 4 aliphatic carbocycles. The lowest BCUT2D eigenvalue weighted by molar-refractivity contribution is 0.00578. The van der Waals surface area contributed by atoms with E-state index < -0.39 is 0 Å². The van der Waals surface area contributed by atoms with Gasteiger partial charge in [0, 0.05) is 5.92 Å². The smallest absolute Gasteiger partial charge is 0.403 e. The van der Waals surface area contributed by atoms with Gasteiger partial charge in [-0.2, -0.15) is 0 Å². The molecule has 0 aromatic heterocycles. The molecule has 0 aromatic carbocycles. The highest BCUT2D eigenvalue weighted by molar-refractivity contribution is 6.47. The summed E-state index contributed by atoms with van der Waals surface area (Å²) in [6.07, 6.45) is 22.8. The standard InChI is InChI=1S/C27H37BO2/c1-18-21-10-6-8-12-23(21)25(24-13-9-7-11-22(18)24)19-14-16-20(17-15-19)28-29-26(2,3)27(4,5)30-28/h6-8,10-12,14,20-21,23-25H,9,13,15-17H2,1-5H3. The largest absolute Gasteiger partial charge is 0.461 e. The first-order valence-electron chi connectivity index (χ1n) is 12.1. The third-order valence-corrected chi connectivity index (χ3v) is 8.89. The zero-order valence-corrected chi connectivity index (χ0v) is 19.4. The summed E-state index contributed by atoms with van der Waals surface area (Å²) in [6, 6.07) is 0. The first-order chi connectivity index (χ1) is 14.3. The van der Waals surface area contributed by atoms with Crippen molar-refractivity contribution in [2.45, 2.75) is 83.7 Å². The van der Waals surface area contributed by atoms with Crippen LogP contribution in [0.2, 0.25) is 5.82 Å². The van der Waals surface area contributed by atoms with Gasteiger partial charge < -0.3 is 9.31 Å². The van der Waals surface area contributed by atoms with Crippen LogP contribution in [-0.4, -0.2) is 18.3 Å². The molecule has 2 nitrogen and oxygen atoms in total. The highest BCUT2D eigenvalue weighted by Gasteiger charge is 2.54. The fourth-order valence-electron chi connectivity index (χ4n) is 6.43. The molecule has 0 aromatic rings. The van der Waals surface area contributed by atoms with Crippen LogP contribution in [-0.2, 0) is 9.31 Å². The van der Waals surface area contributed by atoms with Gasteiger partial charge in [-0.25, -0.2) is 0 Å². The summed E-state index contributed by atoms with van der Waals surface area (Å²) in [5, 5.41) is 0. The molecule has 0 radical (unpaired) electrons. The fraction of sp³-hybridized carbons (Fsp3) is 0.630. The number of hydrogen-bond acceptors (Lipinski definition) is 2. The summed E-state index contributed by atoms with van der Waals surface area (Å²) in [6.45, 7) is 11.0. The number of hydrogen-bond donors (Lipinski definition) is 0. The summed E-state index contributed by atoms with van der Waals surface area (Å²) in [4.78, 5) is 0. The fourth-order valence-corrected chi connectivity index (χ4v) is 6.43. The lowest BCUT2D eigenvalue weighted by Gasteiger charge is -2.47. The van der Waals surface area contributed by atoms with Gasteiger partial charge in [-0.15, -0.1) is 0 Å². The van der Waals surface area contributed by atoms with Crippen LogP contribution >= 0.6 is 0 Å². The van der Waals surface area contributed by atoms with Crippen molar-refractivity contribution in [1.82, 2.24) is 0 Å². The van der Waals surface area contributed by atoms with Crippen molar-refractivity contribution in [2.24, 2.45) is 23.7 Å². The van der Waals surface area contributed by atoms with Gasteiger partial charge in [0.05, 0.1) is 11.2 Å². The van der Waals surface area contributed by atoms with Crippen LogP contribution in [0.4, 0.5) is 0 Å². The summed E-state index contributed by atoms with van der Waals surface area (Å²) in [5.41, 5.74) is 4.46. The Morgan fingerprint density at radius 3 is 2.43 bits per heavy atom. The minimum atomic E-state index is -0.233. The molecule has 1 fully saturated rings. The van der Waals surface area contributed by atoms with Crippen LogP contribution in [0.5, 0.6) is 0 Å². The Morgan fingerprint density at radius 1 is 1.00 bits per heavy atom. The zero-order valence-electron chi connectivity index (χ0n) is 19.4. The zero-order chi connectivity index (χ0) is 21.1. The molecule has 30 heavy (non-hydrogen) atoms. The number of fused-ring (bicyclic) bond motifs is 2. The van der Waals surface area contributed by atoms with Crippen LogP contribution < -0.4 is 0 Å². The van der Waals surface area contributed by atoms with Gasteiger partial charge in [0.25, 0.3) is 0 Å². The third kappa shape index (κ3) is 3.24. The van der Waals surface area contributed by atoms with Gasteiger partial charge in [-0.1, -0.05) is 53.7 Å². The average Bonchev–Trinajstić information content (AvgIpc) is 2.96. The SMILES string of the molecule is CC1=C2C=CCCC2C(C2=CCC(B3OC(C)(C)C(C)(C)O3)CC2)C2C=CC=CC12. The molecule has 0 N–H and O–H groups in total. The van der Waals surface area contributed by atoms with E-state index in [1.54, 1.807) is 16.7 Å². The van der Waals surface area contributed by atoms with Crippen LogP contribution in [0.15, 0.2) is 59.3 Å². The van der Waals surface area contributed by atoms with E-state index >= 15 is 0 Å². The molecular formula is C27H37BO2. The van der Waals surface area contributed by atoms with Crippen LogP contribution in [0.25, 0.3) is 0 Å². The van der Waals surface area contributed by atoms with E-state index in [0.717, 1.165) is 6.42 Å². The molecule has 0 spiro atoms. The Labute approximate surface area is 183 Å². The highest BCUT2D eigenvalue weighted by Crippen LogP contribution is 2.53. The van der Waals surface area contributed by atoms with Gasteiger partial charge in [0.15, 0.2) is 0 Å². The summed E-state index contributed by atoms with van der Waals surface area (Å²) in [5.74, 6) is 3.00. The topological polar surface area (TPSA) is 18.5 Å². The van der Waals surface area contributed by atoms with Crippen molar-refractivity contribution in [3.8, 4) is 0 Å². The molecular weight excluding hydrogens is 367 g/mol. The molecule has 0 bridgehead atoms. The van der Waals surface area contributed by atoms with Crippen LogP contribution in [0, 0.1) is 23.7 Å². The normalized spacial score (nSPS) is 39.0. The maximum absolute atomic E-state index is 6.38. The second kappa shape index (κ2) is 7.38. The molecule has 1 aliphatic heterocycles. The molecule has 0 amide bonds. The third-order valence-electron chi connectivity index (χ3n) is 8.89. The minimum absolute atomic E-state index is 0.0697. The minimum Gasteiger partial charge on any atom is -0.403 e. The first kappa shape index (κ1) is 20.6. The monoisotopic (exact) mass is 404 g/mol. The highest BCUT2D eigenvalue weighted by atomic mass is 16.7. The Kier molecular flexibility index (Phi) is 5.06. The molecule has 160 valence electrons. The molecule has 3 heteroatoms. The van der Waals surface area contributed by atoms with Gasteiger partial charge in [-0.05, 0) is 95.9 Å². The van der Waals surface area contributed by atoms with E-state index in [-0.39, 0.29) is 18.3 Å². The van der Waals surface area contributed by atoms with Gasteiger partial charge in [0.1, 0.15) is 0 Å². The van der Waals surface area contributed by atoms with E-state index in [1.807, 2.05) is 0 Å². The van der Waals surface area contributed by atoms with Crippen LogP contribution in [0.1, 0.15) is 66.7 Å². The Balaban J connectivity index is 1.39. The molecule has 5 aliphatic rings. The van der Waals surface area contributed by atoms with E-state index in [2.05, 4.69) is 77.2 Å². The summed E-state index contributed by atoms with van der Waals surface area (Å²) >= 11 is 0. The van der Waals surface area contributed by atoms with Crippen molar-refractivity contribution in [3.63, 3.8) is 0 Å².